The van der Waals surface area contributed by atoms with Gasteiger partial charge in [0, 0.05) is 11.3 Å². The molecule has 0 spiro atoms. The highest BCUT2D eigenvalue weighted by Gasteiger charge is 2.53. The Morgan fingerprint density at radius 3 is 2.55 bits per heavy atom. The molecule has 1 aromatic carbocycles. The van der Waals surface area contributed by atoms with Crippen LogP contribution in [-0.2, 0) is 14.9 Å². The molecule has 2 aromatic rings. The highest BCUT2D eigenvalue weighted by Crippen LogP contribution is 2.52. The van der Waals surface area contributed by atoms with Crippen molar-refractivity contribution in [2.45, 2.75) is 32.1 Å². The molecular weight excluding hydrogens is 252 g/mol. The van der Waals surface area contributed by atoms with Crippen molar-refractivity contribution in [1.29, 1.82) is 0 Å². The largest absolute Gasteiger partial charge is 0.468 e. The van der Waals surface area contributed by atoms with Crippen molar-refractivity contribution in [2.75, 3.05) is 7.11 Å². The van der Waals surface area contributed by atoms with Crippen molar-refractivity contribution >= 4 is 5.97 Å². The fraction of sp³-hybridized carbons (Fsp3) is 0.375. The molecule has 0 bridgehead atoms. The van der Waals surface area contributed by atoms with Crippen molar-refractivity contribution in [3.63, 3.8) is 0 Å². The summed E-state index contributed by atoms with van der Waals surface area (Å²) in [7, 11) is 1.46. The second-order valence-corrected chi connectivity index (χ2v) is 5.43. The van der Waals surface area contributed by atoms with E-state index in [2.05, 4.69) is 16.3 Å². The number of aryl methyl sites for hydroxylation is 2. The fourth-order valence-corrected chi connectivity index (χ4v) is 2.97. The number of hydrogen-bond acceptors (Lipinski definition) is 3. The van der Waals surface area contributed by atoms with Gasteiger partial charge in [-0.2, -0.15) is 5.10 Å². The van der Waals surface area contributed by atoms with Crippen LogP contribution in [0, 0.1) is 13.8 Å². The van der Waals surface area contributed by atoms with Gasteiger partial charge in [-0.25, -0.2) is 0 Å². The van der Waals surface area contributed by atoms with Crippen molar-refractivity contribution in [3.05, 3.63) is 41.2 Å². The van der Waals surface area contributed by atoms with E-state index in [-0.39, 0.29) is 5.97 Å². The molecule has 0 atom stereocenters. The summed E-state index contributed by atoms with van der Waals surface area (Å²) >= 11 is 0. The monoisotopic (exact) mass is 270 g/mol. The number of carbonyl (C=O) groups excluding carboxylic acids is 1. The number of nitrogens with one attached hydrogen (secondary N) is 1. The van der Waals surface area contributed by atoms with E-state index in [1.54, 1.807) is 0 Å². The summed E-state index contributed by atoms with van der Waals surface area (Å²) < 4.78 is 5.00. The van der Waals surface area contributed by atoms with Crippen molar-refractivity contribution in [3.8, 4) is 11.1 Å². The number of H-pyrrole nitrogens is 1. The fourth-order valence-electron chi connectivity index (χ4n) is 2.97. The van der Waals surface area contributed by atoms with Crippen LogP contribution in [0.15, 0.2) is 24.3 Å². The van der Waals surface area contributed by atoms with Crippen molar-refractivity contribution < 1.29 is 9.53 Å². The lowest BCUT2D eigenvalue weighted by atomic mass is 9.87. The Kier molecular flexibility index (Phi) is 2.89. The molecule has 3 rings (SSSR count). The minimum absolute atomic E-state index is 0.135. The van der Waals surface area contributed by atoms with Crippen molar-refractivity contribution in [2.24, 2.45) is 0 Å². The molecule has 0 saturated heterocycles. The van der Waals surface area contributed by atoms with Gasteiger partial charge in [-0.1, -0.05) is 24.3 Å². The number of hydrogen-bond donors (Lipinski definition) is 1. The quantitative estimate of drug-likeness (QED) is 0.872. The molecule has 0 radical (unpaired) electrons. The van der Waals surface area contributed by atoms with E-state index in [0.717, 1.165) is 40.9 Å². The normalized spacial score (nSPS) is 15.9. The van der Waals surface area contributed by atoms with Crippen LogP contribution in [0.2, 0.25) is 0 Å². The molecule has 0 aliphatic heterocycles. The van der Waals surface area contributed by atoms with E-state index in [1.807, 2.05) is 32.0 Å². The first kappa shape index (κ1) is 12.9. The lowest BCUT2D eigenvalue weighted by Crippen LogP contribution is -2.22. The number of ether oxygens (including phenoxy) is 1. The Balaban J connectivity index is 2.18. The van der Waals surface area contributed by atoms with E-state index in [4.69, 9.17) is 4.74 Å². The van der Waals surface area contributed by atoms with Gasteiger partial charge in [0.15, 0.2) is 0 Å². The Morgan fingerprint density at radius 1 is 1.30 bits per heavy atom. The van der Waals surface area contributed by atoms with E-state index in [9.17, 15) is 4.79 Å². The van der Waals surface area contributed by atoms with Crippen LogP contribution in [0.4, 0.5) is 0 Å². The van der Waals surface area contributed by atoms with Gasteiger partial charge in [0.2, 0.25) is 0 Å². The average molecular weight is 270 g/mol. The number of rotatable bonds is 3. The molecule has 0 unspecified atom stereocenters. The minimum atomic E-state index is -0.457. The second-order valence-electron chi connectivity index (χ2n) is 5.43. The summed E-state index contributed by atoms with van der Waals surface area (Å²) in [5.41, 5.74) is 4.75. The van der Waals surface area contributed by atoms with E-state index < -0.39 is 5.41 Å². The molecule has 1 aliphatic rings. The Bertz CT molecular complexity index is 649. The van der Waals surface area contributed by atoms with Crippen LogP contribution in [0.25, 0.3) is 11.1 Å². The first-order valence-electron chi connectivity index (χ1n) is 6.80. The maximum absolute atomic E-state index is 12.1. The molecule has 1 saturated carbocycles. The van der Waals surface area contributed by atoms with Gasteiger partial charge in [-0.05, 0) is 37.8 Å². The van der Waals surface area contributed by atoms with Gasteiger partial charge >= 0.3 is 5.97 Å². The zero-order valence-corrected chi connectivity index (χ0v) is 12.0. The summed E-state index contributed by atoms with van der Waals surface area (Å²) in [5.74, 6) is -0.135. The van der Waals surface area contributed by atoms with Crippen LogP contribution >= 0.6 is 0 Å². The number of aromatic amines is 1. The molecular formula is C16H18N2O2. The number of carbonyl (C=O) groups is 1. The summed E-state index contributed by atoms with van der Waals surface area (Å²) in [6.07, 6.45) is 1.71. The van der Waals surface area contributed by atoms with Crippen molar-refractivity contribution in [1.82, 2.24) is 10.2 Å². The number of nitrogens with zero attached hydrogens (tertiary/aromatic N) is 1. The molecule has 1 aromatic heterocycles. The summed E-state index contributed by atoms with van der Waals surface area (Å²) in [5, 5.41) is 7.27. The van der Waals surface area contributed by atoms with Crippen LogP contribution in [0.1, 0.15) is 29.8 Å². The smallest absolute Gasteiger partial charge is 0.316 e. The van der Waals surface area contributed by atoms with E-state index in [1.165, 1.54) is 7.11 Å². The molecule has 1 N–H and O–H groups in total. The first-order chi connectivity index (χ1) is 9.60. The molecule has 4 heteroatoms. The van der Waals surface area contributed by atoms with E-state index >= 15 is 0 Å². The molecule has 4 nitrogen and oxygen atoms in total. The Hall–Kier alpha value is -2.10. The van der Waals surface area contributed by atoms with Crippen LogP contribution < -0.4 is 0 Å². The molecule has 0 amide bonds. The molecule has 1 aliphatic carbocycles. The Morgan fingerprint density at radius 2 is 2.00 bits per heavy atom. The van der Waals surface area contributed by atoms with Gasteiger partial charge in [0.05, 0.1) is 18.2 Å². The zero-order chi connectivity index (χ0) is 14.3. The third-order valence-corrected chi connectivity index (χ3v) is 4.17. The summed E-state index contributed by atoms with van der Waals surface area (Å²) in [6.45, 7) is 3.98. The standard InChI is InChI=1S/C16H18N2O2/c1-10-14(11(2)18-17-10)12-6-4-5-7-13(12)16(8-9-16)15(19)20-3/h4-7H,8-9H2,1-3H3,(H,17,18). The lowest BCUT2D eigenvalue weighted by molar-refractivity contribution is -0.143. The predicted molar refractivity (Wildman–Crippen MR) is 76.4 cm³/mol. The third-order valence-electron chi connectivity index (χ3n) is 4.17. The van der Waals surface area contributed by atoms with Crippen LogP contribution in [-0.4, -0.2) is 23.3 Å². The van der Waals surface area contributed by atoms with Crippen LogP contribution in [0.3, 0.4) is 0 Å². The highest BCUT2D eigenvalue weighted by molar-refractivity contribution is 5.90. The number of esters is 1. The maximum atomic E-state index is 12.1. The minimum Gasteiger partial charge on any atom is -0.468 e. The number of benzene rings is 1. The first-order valence-corrected chi connectivity index (χ1v) is 6.80. The predicted octanol–water partition coefficient (Wildman–Crippen LogP) is 2.90. The number of methoxy groups -OCH3 is 1. The van der Waals surface area contributed by atoms with Crippen LogP contribution in [0.5, 0.6) is 0 Å². The number of aromatic nitrogens is 2. The SMILES string of the molecule is COC(=O)C1(c2ccccc2-c2c(C)n[nH]c2C)CC1. The topological polar surface area (TPSA) is 55.0 Å². The zero-order valence-electron chi connectivity index (χ0n) is 12.0. The van der Waals surface area contributed by atoms with Gasteiger partial charge < -0.3 is 4.74 Å². The molecule has 20 heavy (non-hydrogen) atoms. The lowest BCUT2D eigenvalue weighted by Gasteiger charge is -2.17. The van der Waals surface area contributed by atoms with Gasteiger partial charge in [0.1, 0.15) is 0 Å². The highest BCUT2D eigenvalue weighted by atomic mass is 16.5. The Labute approximate surface area is 118 Å². The van der Waals surface area contributed by atoms with Gasteiger partial charge in [0.25, 0.3) is 0 Å². The molecule has 104 valence electrons. The summed E-state index contributed by atoms with van der Waals surface area (Å²) in [6, 6.07) is 8.07. The third kappa shape index (κ3) is 1.75. The summed E-state index contributed by atoms with van der Waals surface area (Å²) in [4.78, 5) is 12.1. The molecule has 1 fully saturated rings. The van der Waals surface area contributed by atoms with Gasteiger partial charge in [-0.15, -0.1) is 0 Å². The maximum Gasteiger partial charge on any atom is 0.316 e. The second kappa shape index (κ2) is 4.47. The average Bonchev–Trinajstić information content (AvgIpc) is 3.20. The van der Waals surface area contributed by atoms with Gasteiger partial charge in [-0.3, -0.25) is 9.89 Å². The molecule has 1 heterocycles. The van der Waals surface area contributed by atoms with E-state index in [0.29, 0.717) is 0 Å².